The van der Waals surface area contributed by atoms with E-state index in [1.165, 1.54) is 11.6 Å². The van der Waals surface area contributed by atoms with Crippen LogP contribution in [0.5, 0.6) is 11.5 Å². The minimum atomic E-state index is -0.307. The van der Waals surface area contributed by atoms with Crippen LogP contribution < -0.4 is 14.9 Å². The van der Waals surface area contributed by atoms with Gasteiger partial charge in [-0.2, -0.15) is 10.1 Å². The van der Waals surface area contributed by atoms with Crippen LogP contribution in [0.1, 0.15) is 12.5 Å². The Hall–Kier alpha value is -3.94. The Labute approximate surface area is 172 Å². The van der Waals surface area contributed by atoms with Gasteiger partial charge < -0.3 is 14.0 Å². The second-order valence-electron chi connectivity index (χ2n) is 6.49. The first-order chi connectivity index (χ1) is 14.6. The Morgan fingerprint density at radius 2 is 1.77 bits per heavy atom. The molecule has 152 valence electrons. The molecule has 2 aromatic carbocycles. The summed E-state index contributed by atoms with van der Waals surface area (Å²) in [6.07, 6.45) is 2.56. The summed E-state index contributed by atoms with van der Waals surface area (Å²) in [6, 6.07) is 14.6. The van der Waals surface area contributed by atoms with Crippen molar-refractivity contribution in [1.82, 2.24) is 19.9 Å². The van der Waals surface area contributed by atoms with Crippen molar-refractivity contribution in [2.75, 3.05) is 14.2 Å². The lowest BCUT2D eigenvalue weighted by Gasteiger charge is -2.07. The van der Waals surface area contributed by atoms with Crippen molar-refractivity contribution in [2.24, 2.45) is 0 Å². The highest BCUT2D eigenvalue weighted by molar-refractivity contribution is 5.62. The second-order valence-corrected chi connectivity index (χ2v) is 6.49. The molecule has 30 heavy (non-hydrogen) atoms. The molecule has 4 aromatic rings. The monoisotopic (exact) mass is 404 g/mol. The maximum atomic E-state index is 12.4. The standard InChI is InChI=1S/C22H20N4O4/c1-4-14-5-8-16(9-6-14)26-12-11-17(27)20(24-26)22-23-21(25-30-22)15-7-10-18(28-2)19(13-15)29-3/h5-13H,4H2,1-3H3. The fourth-order valence-corrected chi connectivity index (χ4v) is 3.00. The molecule has 0 radical (unpaired) electrons. The van der Waals surface area contributed by atoms with Crippen LogP contribution in [0.4, 0.5) is 0 Å². The summed E-state index contributed by atoms with van der Waals surface area (Å²) in [5.41, 5.74) is 2.48. The number of benzene rings is 2. The third-order valence-corrected chi connectivity index (χ3v) is 4.69. The molecule has 4 rings (SSSR count). The van der Waals surface area contributed by atoms with Crippen LogP contribution in [-0.4, -0.2) is 34.1 Å². The summed E-state index contributed by atoms with van der Waals surface area (Å²) in [6.45, 7) is 2.09. The summed E-state index contributed by atoms with van der Waals surface area (Å²) < 4.78 is 17.5. The van der Waals surface area contributed by atoms with Gasteiger partial charge in [-0.1, -0.05) is 24.2 Å². The molecule has 8 heteroatoms. The lowest BCUT2D eigenvalue weighted by molar-refractivity contribution is 0.355. The van der Waals surface area contributed by atoms with Crippen molar-refractivity contribution in [3.63, 3.8) is 0 Å². The van der Waals surface area contributed by atoms with Crippen molar-refractivity contribution >= 4 is 0 Å². The number of ether oxygens (including phenoxy) is 2. The molecular weight excluding hydrogens is 384 g/mol. The van der Waals surface area contributed by atoms with E-state index in [-0.39, 0.29) is 17.0 Å². The normalized spacial score (nSPS) is 10.8. The second kappa shape index (κ2) is 8.20. The van der Waals surface area contributed by atoms with Crippen LogP contribution in [0, 0.1) is 0 Å². The van der Waals surface area contributed by atoms with Crippen LogP contribution in [0.15, 0.2) is 64.0 Å². The zero-order chi connectivity index (χ0) is 21.1. The Morgan fingerprint density at radius 1 is 1.00 bits per heavy atom. The number of aryl methyl sites for hydroxylation is 1. The van der Waals surface area contributed by atoms with Crippen LogP contribution >= 0.6 is 0 Å². The Balaban J connectivity index is 1.70. The third kappa shape index (κ3) is 3.67. The van der Waals surface area contributed by atoms with Gasteiger partial charge in [-0.3, -0.25) is 4.79 Å². The average molecular weight is 404 g/mol. The molecule has 0 saturated heterocycles. The first-order valence-corrected chi connectivity index (χ1v) is 9.38. The number of nitrogens with zero attached hydrogens (tertiary/aromatic N) is 4. The summed E-state index contributed by atoms with van der Waals surface area (Å²) in [7, 11) is 3.11. The molecule has 0 saturated carbocycles. The number of hydrogen-bond donors (Lipinski definition) is 0. The van der Waals surface area contributed by atoms with Gasteiger partial charge in [0.15, 0.2) is 17.2 Å². The Kier molecular flexibility index (Phi) is 5.30. The highest BCUT2D eigenvalue weighted by Gasteiger charge is 2.17. The van der Waals surface area contributed by atoms with Crippen molar-refractivity contribution in [3.05, 3.63) is 70.5 Å². The van der Waals surface area contributed by atoms with Gasteiger partial charge in [-0.25, -0.2) is 4.68 Å². The van der Waals surface area contributed by atoms with E-state index in [0.717, 1.165) is 12.1 Å². The van der Waals surface area contributed by atoms with E-state index in [9.17, 15) is 4.79 Å². The van der Waals surface area contributed by atoms with E-state index in [1.807, 2.05) is 24.3 Å². The SMILES string of the molecule is CCc1ccc(-n2ccc(=O)c(-c3nc(-c4ccc(OC)c(OC)c4)no3)n2)cc1. The van der Waals surface area contributed by atoms with E-state index in [4.69, 9.17) is 14.0 Å². The van der Waals surface area contributed by atoms with Crippen LogP contribution in [0.3, 0.4) is 0 Å². The first-order valence-electron chi connectivity index (χ1n) is 9.38. The molecular formula is C22H20N4O4. The topological polar surface area (TPSA) is 92.3 Å². The van der Waals surface area contributed by atoms with Crippen molar-refractivity contribution in [1.29, 1.82) is 0 Å². The lowest BCUT2D eigenvalue weighted by atomic mass is 10.1. The summed E-state index contributed by atoms with van der Waals surface area (Å²) in [4.78, 5) is 16.7. The van der Waals surface area contributed by atoms with Gasteiger partial charge >= 0.3 is 0 Å². The van der Waals surface area contributed by atoms with Gasteiger partial charge in [0.25, 0.3) is 5.89 Å². The van der Waals surface area contributed by atoms with Crippen molar-refractivity contribution in [2.45, 2.75) is 13.3 Å². The van der Waals surface area contributed by atoms with Crippen LogP contribution in [0.25, 0.3) is 28.7 Å². The van der Waals surface area contributed by atoms with Crippen LogP contribution in [0.2, 0.25) is 0 Å². The summed E-state index contributed by atoms with van der Waals surface area (Å²) in [5, 5.41) is 8.39. The fourth-order valence-electron chi connectivity index (χ4n) is 3.00. The highest BCUT2D eigenvalue weighted by Crippen LogP contribution is 2.31. The van der Waals surface area contributed by atoms with E-state index in [1.54, 1.807) is 43.3 Å². The fraction of sp³-hybridized carbons (Fsp3) is 0.182. The maximum absolute atomic E-state index is 12.4. The van der Waals surface area contributed by atoms with Gasteiger partial charge in [-0.05, 0) is 42.3 Å². The van der Waals surface area contributed by atoms with E-state index in [2.05, 4.69) is 22.2 Å². The predicted molar refractivity (Wildman–Crippen MR) is 111 cm³/mol. The van der Waals surface area contributed by atoms with Gasteiger partial charge in [0.05, 0.1) is 19.9 Å². The average Bonchev–Trinajstić information content (AvgIpc) is 3.29. The lowest BCUT2D eigenvalue weighted by Crippen LogP contribution is -2.12. The van der Waals surface area contributed by atoms with Crippen molar-refractivity contribution in [3.8, 4) is 40.2 Å². The zero-order valence-electron chi connectivity index (χ0n) is 16.8. The van der Waals surface area contributed by atoms with E-state index < -0.39 is 0 Å². The third-order valence-electron chi connectivity index (χ3n) is 4.69. The maximum Gasteiger partial charge on any atom is 0.282 e. The summed E-state index contributed by atoms with van der Waals surface area (Å²) >= 11 is 0. The van der Waals surface area contributed by atoms with Gasteiger partial charge in [0.2, 0.25) is 11.3 Å². The minimum Gasteiger partial charge on any atom is -0.493 e. The van der Waals surface area contributed by atoms with Crippen molar-refractivity contribution < 1.29 is 14.0 Å². The molecule has 0 aliphatic carbocycles. The molecule has 0 aliphatic rings. The molecule has 2 aromatic heterocycles. The number of hydrogen-bond acceptors (Lipinski definition) is 7. The molecule has 8 nitrogen and oxygen atoms in total. The number of methoxy groups -OCH3 is 2. The molecule has 0 unspecified atom stereocenters. The first kappa shape index (κ1) is 19.4. The number of rotatable bonds is 6. The minimum absolute atomic E-state index is 0.0457. The summed E-state index contributed by atoms with van der Waals surface area (Å²) in [5.74, 6) is 1.49. The Bertz CT molecular complexity index is 1230. The van der Waals surface area contributed by atoms with E-state index >= 15 is 0 Å². The quantitative estimate of drug-likeness (QED) is 0.485. The van der Waals surface area contributed by atoms with Crippen LogP contribution in [-0.2, 0) is 6.42 Å². The smallest absolute Gasteiger partial charge is 0.282 e. The van der Waals surface area contributed by atoms with Gasteiger partial charge in [0.1, 0.15) is 0 Å². The molecule has 2 heterocycles. The molecule has 0 fully saturated rings. The predicted octanol–water partition coefficient (Wildman–Crippen LogP) is 3.53. The Morgan fingerprint density at radius 3 is 2.47 bits per heavy atom. The zero-order valence-corrected chi connectivity index (χ0v) is 16.8. The molecule has 0 atom stereocenters. The molecule has 0 bridgehead atoms. The molecule has 0 N–H and O–H groups in total. The van der Waals surface area contributed by atoms with Gasteiger partial charge in [-0.15, -0.1) is 0 Å². The largest absolute Gasteiger partial charge is 0.493 e. The highest BCUT2D eigenvalue weighted by atomic mass is 16.5. The molecule has 0 aliphatic heterocycles. The molecule has 0 spiro atoms. The molecule has 0 amide bonds. The van der Waals surface area contributed by atoms with Gasteiger partial charge in [0, 0.05) is 17.8 Å². The number of aromatic nitrogens is 4. The van der Waals surface area contributed by atoms with E-state index in [0.29, 0.717) is 22.9 Å².